The first-order chi connectivity index (χ1) is 11.8. The largest absolute Gasteiger partial charge is 0.337 e. The lowest BCUT2D eigenvalue weighted by Gasteiger charge is -2.17. The smallest absolute Gasteiger partial charge is 0.253 e. The Morgan fingerprint density at radius 1 is 1.40 bits per heavy atom. The van der Waals surface area contributed by atoms with Crippen LogP contribution in [-0.2, 0) is 16.6 Å². The molecular weight excluding hydrogens is 363 g/mol. The highest BCUT2D eigenvalue weighted by Gasteiger charge is 2.22. The van der Waals surface area contributed by atoms with E-state index in [4.69, 9.17) is 0 Å². The molecule has 0 aliphatic heterocycles. The summed E-state index contributed by atoms with van der Waals surface area (Å²) in [6.07, 6.45) is 1.35. The van der Waals surface area contributed by atoms with Gasteiger partial charge in [0.25, 0.3) is 5.91 Å². The minimum Gasteiger partial charge on any atom is -0.337 e. The lowest BCUT2D eigenvalue weighted by atomic mass is 10.2. The number of halogens is 1. The van der Waals surface area contributed by atoms with Gasteiger partial charge in [-0.3, -0.25) is 4.79 Å². The Kier molecular flexibility index (Phi) is 6.10. The van der Waals surface area contributed by atoms with Crippen LogP contribution in [-0.4, -0.2) is 32.8 Å². The number of benzene rings is 1. The van der Waals surface area contributed by atoms with Crippen molar-refractivity contribution in [3.8, 4) is 0 Å². The average molecular weight is 382 g/mol. The van der Waals surface area contributed by atoms with Crippen molar-refractivity contribution >= 4 is 27.3 Å². The first kappa shape index (κ1) is 19.3. The van der Waals surface area contributed by atoms with Crippen LogP contribution in [0.4, 0.5) is 4.39 Å². The molecule has 1 N–H and O–H groups in total. The number of nitrogens with one attached hydrogen (secondary N) is 1. The summed E-state index contributed by atoms with van der Waals surface area (Å²) in [6, 6.07) is 5.29. The number of carbonyl (C=O) groups is 1. The summed E-state index contributed by atoms with van der Waals surface area (Å²) < 4.78 is 40.4. The molecule has 0 aliphatic carbocycles. The third-order valence-electron chi connectivity index (χ3n) is 3.58. The van der Waals surface area contributed by atoms with E-state index in [0.29, 0.717) is 6.54 Å². The van der Waals surface area contributed by atoms with Crippen LogP contribution >= 0.6 is 11.3 Å². The van der Waals surface area contributed by atoms with E-state index in [2.05, 4.69) is 11.3 Å². The van der Waals surface area contributed by atoms with Crippen LogP contribution in [0.1, 0.15) is 20.8 Å². The predicted octanol–water partition coefficient (Wildman–Crippen LogP) is 2.93. The fourth-order valence-corrected chi connectivity index (χ4v) is 4.22. The molecule has 0 bridgehead atoms. The molecule has 0 saturated heterocycles. The maximum atomic E-state index is 13.9. The third-order valence-corrected chi connectivity index (χ3v) is 6.03. The Labute approximate surface area is 150 Å². The first-order valence-electron chi connectivity index (χ1n) is 7.45. The number of thiophene rings is 1. The molecule has 0 aliphatic rings. The predicted molar refractivity (Wildman–Crippen MR) is 96.6 cm³/mol. The molecule has 134 valence electrons. The van der Waals surface area contributed by atoms with Gasteiger partial charge in [-0.1, -0.05) is 6.08 Å². The lowest BCUT2D eigenvalue weighted by molar-refractivity contribution is 0.0786. The maximum absolute atomic E-state index is 13.9. The maximum Gasteiger partial charge on any atom is 0.253 e. The zero-order valence-corrected chi connectivity index (χ0v) is 15.6. The van der Waals surface area contributed by atoms with E-state index in [9.17, 15) is 17.6 Å². The molecule has 8 heteroatoms. The molecule has 1 aromatic carbocycles. The van der Waals surface area contributed by atoms with Gasteiger partial charge in [0.1, 0.15) is 10.7 Å². The van der Waals surface area contributed by atoms with Gasteiger partial charge in [0.05, 0.1) is 6.54 Å². The van der Waals surface area contributed by atoms with E-state index in [0.717, 1.165) is 22.6 Å². The van der Waals surface area contributed by atoms with Crippen LogP contribution in [0.5, 0.6) is 0 Å². The molecule has 0 fully saturated rings. The molecular formula is C17H19FN2O3S2. The Morgan fingerprint density at radius 3 is 2.72 bits per heavy atom. The number of amides is 1. The van der Waals surface area contributed by atoms with E-state index in [1.54, 1.807) is 18.4 Å². The van der Waals surface area contributed by atoms with Gasteiger partial charge in [-0.25, -0.2) is 17.5 Å². The van der Waals surface area contributed by atoms with E-state index in [-0.39, 0.29) is 18.0 Å². The van der Waals surface area contributed by atoms with E-state index >= 15 is 0 Å². The van der Waals surface area contributed by atoms with Crippen molar-refractivity contribution in [2.75, 3.05) is 13.6 Å². The van der Waals surface area contributed by atoms with Gasteiger partial charge < -0.3 is 4.90 Å². The molecule has 0 atom stereocenters. The van der Waals surface area contributed by atoms with Crippen LogP contribution < -0.4 is 4.72 Å². The minimum absolute atomic E-state index is 0.0303. The van der Waals surface area contributed by atoms with Gasteiger partial charge in [-0.2, -0.15) is 0 Å². The van der Waals surface area contributed by atoms with Crippen molar-refractivity contribution in [1.82, 2.24) is 9.62 Å². The molecule has 0 radical (unpaired) electrons. The Morgan fingerprint density at radius 2 is 2.12 bits per heavy atom. The van der Waals surface area contributed by atoms with Gasteiger partial charge in [-0.15, -0.1) is 17.9 Å². The standard InChI is InChI=1S/C17H19FN2O3S2/c1-4-8-19-25(22,23)16-10-13(5-6-14(16)18)17(21)20(3)11-15-12(2)7-9-24-15/h4-7,9-10,19H,1,8,11H2,2-3H3. The molecule has 2 aromatic rings. The number of carbonyl (C=O) groups excluding carboxylic acids is 1. The van der Waals surface area contributed by atoms with Crippen molar-refractivity contribution in [3.05, 3.63) is 64.1 Å². The molecule has 1 amide bonds. The highest BCUT2D eigenvalue weighted by molar-refractivity contribution is 7.89. The highest BCUT2D eigenvalue weighted by Crippen LogP contribution is 2.20. The second kappa shape index (κ2) is 7.90. The van der Waals surface area contributed by atoms with Crippen molar-refractivity contribution in [1.29, 1.82) is 0 Å². The normalized spacial score (nSPS) is 11.3. The highest BCUT2D eigenvalue weighted by atomic mass is 32.2. The van der Waals surface area contributed by atoms with Crippen LogP contribution in [0.3, 0.4) is 0 Å². The monoisotopic (exact) mass is 382 g/mol. The number of aryl methyl sites for hydroxylation is 1. The van der Waals surface area contributed by atoms with Gasteiger partial charge in [0.2, 0.25) is 10.0 Å². The molecule has 1 aromatic heterocycles. The SMILES string of the molecule is C=CCNS(=O)(=O)c1cc(C(=O)N(C)Cc2sccc2C)ccc1F. The molecule has 25 heavy (non-hydrogen) atoms. The van der Waals surface area contributed by atoms with Crippen LogP contribution in [0.25, 0.3) is 0 Å². The summed E-state index contributed by atoms with van der Waals surface area (Å²) in [4.78, 5) is 14.5. The second-order valence-electron chi connectivity index (χ2n) is 5.47. The zero-order chi connectivity index (χ0) is 18.6. The van der Waals surface area contributed by atoms with E-state index in [1.165, 1.54) is 17.0 Å². The van der Waals surface area contributed by atoms with Crippen LogP contribution in [0.15, 0.2) is 47.2 Å². The van der Waals surface area contributed by atoms with Gasteiger partial charge in [-0.05, 0) is 42.1 Å². The van der Waals surface area contributed by atoms with Crippen LogP contribution in [0, 0.1) is 12.7 Å². The average Bonchev–Trinajstić information content (AvgIpc) is 2.97. The summed E-state index contributed by atoms with van der Waals surface area (Å²) in [6.45, 7) is 5.74. The summed E-state index contributed by atoms with van der Waals surface area (Å²) in [5.41, 5.74) is 1.19. The van der Waals surface area contributed by atoms with Crippen LogP contribution in [0.2, 0.25) is 0 Å². The fourth-order valence-electron chi connectivity index (χ4n) is 2.16. The number of hydrogen-bond acceptors (Lipinski definition) is 4. The Bertz CT molecular complexity index is 891. The van der Waals surface area contributed by atoms with Gasteiger partial charge in [0.15, 0.2) is 0 Å². The van der Waals surface area contributed by atoms with Crippen molar-refractivity contribution in [2.45, 2.75) is 18.4 Å². The summed E-state index contributed by atoms with van der Waals surface area (Å²) in [7, 11) is -2.44. The molecule has 1 heterocycles. The second-order valence-corrected chi connectivity index (χ2v) is 8.21. The number of rotatable bonds is 7. The third kappa shape index (κ3) is 4.53. The molecule has 5 nitrogen and oxygen atoms in total. The van der Waals surface area contributed by atoms with E-state index < -0.39 is 20.7 Å². The molecule has 2 rings (SSSR count). The van der Waals surface area contributed by atoms with Crippen molar-refractivity contribution < 1.29 is 17.6 Å². The summed E-state index contributed by atoms with van der Waals surface area (Å²) in [5.74, 6) is -1.29. The first-order valence-corrected chi connectivity index (χ1v) is 9.81. The Balaban J connectivity index is 2.27. The summed E-state index contributed by atoms with van der Waals surface area (Å²) in [5, 5.41) is 1.94. The number of hydrogen-bond donors (Lipinski definition) is 1. The van der Waals surface area contributed by atoms with E-state index in [1.807, 2.05) is 18.4 Å². The van der Waals surface area contributed by atoms with Crippen molar-refractivity contribution in [2.24, 2.45) is 0 Å². The lowest BCUT2D eigenvalue weighted by Crippen LogP contribution is -2.28. The quantitative estimate of drug-likeness (QED) is 0.749. The fraction of sp³-hybridized carbons (Fsp3) is 0.235. The Hall–Kier alpha value is -2.03. The minimum atomic E-state index is -4.06. The molecule has 0 unspecified atom stereocenters. The molecule has 0 spiro atoms. The van der Waals surface area contributed by atoms with Gasteiger partial charge >= 0.3 is 0 Å². The number of nitrogens with zero attached hydrogens (tertiary/aromatic N) is 1. The zero-order valence-electron chi connectivity index (χ0n) is 14.0. The topological polar surface area (TPSA) is 66.5 Å². The molecule has 0 saturated carbocycles. The number of sulfonamides is 1. The van der Waals surface area contributed by atoms with Crippen molar-refractivity contribution in [3.63, 3.8) is 0 Å². The summed E-state index contributed by atoms with van der Waals surface area (Å²) >= 11 is 1.54. The van der Waals surface area contributed by atoms with Gasteiger partial charge in [0, 0.05) is 24.0 Å².